The number of ether oxygens (including phenoxy) is 1. The second-order valence-corrected chi connectivity index (χ2v) is 4.56. The van der Waals surface area contributed by atoms with Crippen LogP contribution in [0.4, 0.5) is 0 Å². The van der Waals surface area contributed by atoms with Crippen LogP contribution >= 0.6 is 0 Å². The number of aromatic nitrogens is 2. The molecule has 108 valence electrons. The quantitative estimate of drug-likeness (QED) is 0.440. The van der Waals surface area contributed by atoms with Gasteiger partial charge < -0.3 is 4.74 Å². The summed E-state index contributed by atoms with van der Waals surface area (Å²) in [6.07, 6.45) is 3.67. The summed E-state index contributed by atoms with van der Waals surface area (Å²) in [6, 6.07) is 12.1. The Morgan fingerprint density at radius 3 is 2.80 bits per heavy atom. The minimum absolute atomic E-state index is 0.0677. The van der Waals surface area contributed by atoms with Gasteiger partial charge in [0.2, 0.25) is 0 Å². The van der Waals surface area contributed by atoms with Crippen LogP contribution in [0.15, 0.2) is 42.6 Å². The summed E-state index contributed by atoms with van der Waals surface area (Å²) in [5.41, 5.74) is 4.98. The van der Waals surface area contributed by atoms with Gasteiger partial charge in [0.25, 0.3) is 0 Å². The normalized spacial score (nSPS) is 12.5. The van der Waals surface area contributed by atoms with Crippen LogP contribution < -0.4 is 11.3 Å². The standard InChI is InChI=1S/C15H22N4O/c1-2-20-12-6-9-14(18-16)15-10-11-17-19(15)13-7-4-3-5-8-13/h3-5,7-8,10-11,14,18H,2,6,9,12,16H2,1H3. The molecule has 2 rings (SSSR count). The predicted octanol–water partition coefficient (Wildman–Crippen LogP) is 2.19. The van der Waals surface area contributed by atoms with Crippen molar-refractivity contribution in [1.82, 2.24) is 15.2 Å². The number of hydrazine groups is 1. The Balaban J connectivity index is 2.09. The summed E-state index contributed by atoms with van der Waals surface area (Å²) in [5, 5.41) is 4.39. The van der Waals surface area contributed by atoms with E-state index in [1.54, 1.807) is 6.20 Å². The first-order valence-electron chi connectivity index (χ1n) is 7.00. The van der Waals surface area contributed by atoms with Crippen LogP contribution in [0.25, 0.3) is 5.69 Å². The molecule has 1 aromatic heterocycles. The van der Waals surface area contributed by atoms with Crippen LogP contribution in [0.1, 0.15) is 31.5 Å². The summed E-state index contributed by atoms with van der Waals surface area (Å²) in [7, 11) is 0. The lowest BCUT2D eigenvalue weighted by Crippen LogP contribution is -2.30. The molecule has 0 fully saturated rings. The molecule has 3 N–H and O–H groups in total. The zero-order chi connectivity index (χ0) is 14.2. The first-order valence-corrected chi connectivity index (χ1v) is 7.00. The largest absolute Gasteiger partial charge is 0.382 e. The predicted molar refractivity (Wildman–Crippen MR) is 79.4 cm³/mol. The van der Waals surface area contributed by atoms with Crippen molar-refractivity contribution >= 4 is 0 Å². The van der Waals surface area contributed by atoms with Crippen LogP contribution in [-0.2, 0) is 4.74 Å². The summed E-state index contributed by atoms with van der Waals surface area (Å²) >= 11 is 0. The van der Waals surface area contributed by atoms with Gasteiger partial charge in [-0.1, -0.05) is 18.2 Å². The van der Waals surface area contributed by atoms with Gasteiger partial charge in [-0.2, -0.15) is 5.10 Å². The van der Waals surface area contributed by atoms with Crippen LogP contribution in [0.3, 0.4) is 0 Å². The number of hydrogen-bond acceptors (Lipinski definition) is 4. The van der Waals surface area contributed by atoms with Crippen molar-refractivity contribution in [3.63, 3.8) is 0 Å². The van der Waals surface area contributed by atoms with Crippen molar-refractivity contribution in [2.45, 2.75) is 25.8 Å². The molecular formula is C15H22N4O. The minimum atomic E-state index is 0.0677. The van der Waals surface area contributed by atoms with Gasteiger partial charge in [-0.3, -0.25) is 11.3 Å². The summed E-state index contributed by atoms with van der Waals surface area (Å²) < 4.78 is 7.29. The van der Waals surface area contributed by atoms with Crippen molar-refractivity contribution in [3.8, 4) is 5.69 Å². The first-order chi connectivity index (χ1) is 9.86. The maximum Gasteiger partial charge on any atom is 0.0649 e. The highest BCUT2D eigenvalue weighted by molar-refractivity contribution is 5.33. The lowest BCUT2D eigenvalue weighted by molar-refractivity contribution is 0.140. The SMILES string of the molecule is CCOCCCC(NN)c1ccnn1-c1ccccc1. The van der Waals surface area contributed by atoms with Crippen LogP contribution in [0.5, 0.6) is 0 Å². The molecule has 1 aromatic carbocycles. The van der Waals surface area contributed by atoms with Crippen molar-refractivity contribution in [2.75, 3.05) is 13.2 Å². The highest BCUT2D eigenvalue weighted by Crippen LogP contribution is 2.20. The molecule has 0 spiro atoms. The number of nitrogens with two attached hydrogens (primary N) is 1. The van der Waals surface area contributed by atoms with E-state index in [2.05, 4.69) is 10.5 Å². The van der Waals surface area contributed by atoms with Gasteiger partial charge in [0.1, 0.15) is 0 Å². The second kappa shape index (κ2) is 7.79. The molecule has 0 aliphatic carbocycles. The van der Waals surface area contributed by atoms with Crippen LogP contribution in [-0.4, -0.2) is 23.0 Å². The molecule has 2 aromatic rings. The van der Waals surface area contributed by atoms with E-state index >= 15 is 0 Å². The van der Waals surface area contributed by atoms with E-state index in [0.717, 1.165) is 37.4 Å². The van der Waals surface area contributed by atoms with Crippen molar-refractivity contribution in [3.05, 3.63) is 48.3 Å². The molecule has 5 nitrogen and oxygen atoms in total. The molecule has 0 aliphatic rings. The highest BCUT2D eigenvalue weighted by atomic mass is 16.5. The molecule has 0 radical (unpaired) electrons. The Hall–Kier alpha value is -1.69. The summed E-state index contributed by atoms with van der Waals surface area (Å²) in [6.45, 7) is 3.51. The van der Waals surface area contributed by atoms with Gasteiger partial charge in [-0.25, -0.2) is 4.68 Å². The molecule has 5 heteroatoms. The van der Waals surface area contributed by atoms with E-state index in [9.17, 15) is 0 Å². The van der Waals surface area contributed by atoms with Gasteiger partial charge in [-0.05, 0) is 38.0 Å². The Labute approximate surface area is 119 Å². The molecule has 0 amide bonds. The molecule has 1 unspecified atom stereocenters. The third kappa shape index (κ3) is 3.66. The van der Waals surface area contributed by atoms with E-state index in [-0.39, 0.29) is 6.04 Å². The van der Waals surface area contributed by atoms with Gasteiger partial charge >= 0.3 is 0 Å². The Kier molecular flexibility index (Phi) is 5.73. The van der Waals surface area contributed by atoms with E-state index in [1.807, 2.05) is 48.0 Å². The maximum absolute atomic E-state index is 5.69. The smallest absolute Gasteiger partial charge is 0.0649 e. The molecule has 1 atom stereocenters. The zero-order valence-electron chi connectivity index (χ0n) is 11.8. The van der Waals surface area contributed by atoms with Crippen LogP contribution in [0.2, 0.25) is 0 Å². The minimum Gasteiger partial charge on any atom is -0.382 e. The molecule has 0 saturated heterocycles. The van der Waals surface area contributed by atoms with Gasteiger partial charge in [0, 0.05) is 19.4 Å². The number of benzene rings is 1. The fraction of sp³-hybridized carbons (Fsp3) is 0.400. The Bertz CT molecular complexity index is 498. The van der Waals surface area contributed by atoms with E-state index in [4.69, 9.17) is 10.6 Å². The van der Waals surface area contributed by atoms with Crippen molar-refractivity contribution in [1.29, 1.82) is 0 Å². The van der Waals surface area contributed by atoms with Crippen molar-refractivity contribution < 1.29 is 4.74 Å². The fourth-order valence-corrected chi connectivity index (χ4v) is 2.21. The number of nitrogens with zero attached hydrogens (tertiary/aromatic N) is 2. The van der Waals surface area contributed by atoms with Crippen LogP contribution in [0, 0.1) is 0 Å². The highest BCUT2D eigenvalue weighted by Gasteiger charge is 2.15. The summed E-state index contributed by atoms with van der Waals surface area (Å²) in [5.74, 6) is 5.69. The number of rotatable bonds is 8. The third-order valence-corrected chi connectivity index (χ3v) is 3.22. The van der Waals surface area contributed by atoms with E-state index < -0.39 is 0 Å². The maximum atomic E-state index is 5.69. The topological polar surface area (TPSA) is 65.1 Å². The number of nitrogens with one attached hydrogen (secondary N) is 1. The average molecular weight is 274 g/mol. The van der Waals surface area contributed by atoms with E-state index in [0.29, 0.717) is 0 Å². The van der Waals surface area contributed by atoms with E-state index in [1.165, 1.54) is 0 Å². The van der Waals surface area contributed by atoms with Crippen molar-refractivity contribution in [2.24, 2.45) is 5.84 Å². The average Bonchev–Trinajstić information content (AvgIpc) is 2.98. The third-order valence-electron chi connectivity index (χ3n) is 3.22. The van der Waals surface area contributed by atoms with Gasteiger partial charge in [0.15, 0.2) is 0 Å². The monoisotopic (exact) mass is 274 g/mol. The Morgan fingerprint density at radius 2 is 2.10 bits per heavy atom. The zero-order valence-corrected chi connectivity index (χ0v) is 11.8. The molecule has 0 saturated carbocycles. The second-order valence-electron chi connectivity index (χ2n) is 4.56. The lowest BCUT2D eigenvalue weighted by atomic mass is 10.1. The molecule has 0 aliphatic heterocycles. The summed E-state index contributed by atoms with van der Waals surface area (Å²) in [4.78, 5) is 0. The molecule has 20 heavy (non-hydrogen) atoms. The van der Waals surface area contributed by atoms with Gasteiger partial charge in [-0.15, -0.1) is 0 Å². The first kappa shape index (κ1) is 14.7. The fourth-order valence-electron chi connectivity index (χ4n) is 2.21. The number of hydrogen-bond donors (Lipinski definition) is 2. The number of para-hydroxylation sites is 1. The van der Waals surface area contributed by atoms with Gasteiger partial charge in [0.05, 0.1) is 17.4 Å². The molecule has 0 bridgehead atoms. The Morgan fingerprint density at radius 1 is 1.30 bits per heavy atom. The molecular weight excluding hydrogens is 252 g/mol. The lowest BCUT2D eigenvalue weighted by Gasteiger charge is -2.17. The molecule has 1 heterocycles.